The van der Waals surface area contributed by atoms with Crippen molar-refractivity contribution < 1.29 is 9.59 Å². The molecular weight excluding hydrogens is 250 g/mol. The number of rotatable bonds is 5. The minimum atomic E-state index is -0.211. The molecule has 2 amide bonds. The molecule has 0 fully saturated rings. The first kappa shape index (κ1) is 13.1. The van der Waals surface area contributed by atoms with E-state index >= 15 is 0 Å². The number of fused-ring (bicyclic) bond motifs is 1. The number of carbonyl (C=O) groups is 2. The van der Waals surface area contributed by atoms with Crippen molar-refractivity contribution in [3.05, 3.63) is 35.4 Å². The topological polar surface area (TPSA) is 37.4 Å². The number of unbranched alkanes of at least 4 members (excludes halogenated alkanes) is 1. The van der Waals surface area contributed by atoms with E-state index in [2.05, 4.69) is 6.92 Å². The molecule has 0 bridgehead atoms. The van der Waals surface area contributed by atoms with Gasteiger partial charge in [0.15, 0.2) is 0 Å². The Hall–Kier alpha value is -1.35. The lowest BCUT2D eigenvalue weighted by Crippen LogP contribution is -2.41. The van der Waals surface area contributed by atoms with E-state index in [1.54, 1.807) is 24.3 Å². The van der Waals surface area contributed by atoms with E-state index < -0.39 is 0 Å². The fraction of sp³-hybridized carbons (Fsp3) is 0.429. The summed E-state index contributed by atoms with van der Waals surface area (Å²) in [5, 5.41) is 0. The summed E-state index contributed by atoms with van der Waals surface area (Å²) in [6.45, 7) is 2.08. The van der Waals surface area contributed by atoms with Gasteiger partial charge in [-0.3, -0.25) is 14.5 Å². The number of benzene rings is 1. The number of alkyl halides is 1. The molecule has 1 heterocycles. The van der Waals surface area contributed by atoms with Crippen molar-refractivity contribution in [1.82, 2.24) is 4.90 Å². The summed E-state index contributed by atoms with van der Waals surface area (Å²) in [5.74, 6) is -0.124. The van der Waals surface area contributed by atoms with Crippen LogP contribution in [0.5, 0.6) is 0 Å². The molecule has 3 nitrogen and oxygen atoms in total. The van der Waals surface area contributed by atoms with Crippen LogP contribution >= 0.6 is 11.6 Å². The van der Waals surface area contributed by atoms with Crippen LogP contribution in [0.15, 0.2) is 24.3 Å². The SMILES string of the molecule is CCCCC(CCl)N1C(=O)c2ccccc2C1=O. The quantitative estimate of drug-likeness (QED) is 0.606. The summed E-state index contributed by atoms with van der Waals surface area (Å²) in [4.78, 5) is 25.8. The van der Waals surface area contributed by atoms with E-state index in [1.165, 1.54) is 4.90 Å². The van der Waals surface area contributed by atoms with Gasteiger partial charge in [-0.05, 0) is 18.6 Å². The van der Waals surface area contributed by atoms with Crippen LogP contribution in [0, 0.1) is 0 Å². The lowest BCUT2D eigenvalue weighted by Gasteiger charge is -2.24. The molecule has 0 saturated carbocycles. The number of halogens is 1. The zero-order valence-electron chi connectivity index (χ0n) is 10.4. The highest BCUT2D eigenvalue weighted by Gasteiger charge is 2.38. The average Bonchev–Trinajstić information content (AvgIpc) is 2.65. The lowest BCUT2D eigenvalue weighted by atomic mass is 10.1. The molecule has 1 unspecified atom stereocenters. The first-order valence-corrected chi connectivity index (χ1v) is 6.77. The Morgan fingerprint density at radius 1 is 1.17 bits per heavy atom. The van der Waals surface area contributed by atoms with Gasteiger partial charge < -0.3 is 0 Å². The molecule has 18 heavy (non-hydrogen) atoms. The van der Waals surface area contributed by atoms with E-state index in [4.69, 9.17) is 11.6 Å². The third-order valence-electron chi connectivity index (χ3n) is 3.26. The average molecular weight is 266 g/mol. The Balaban J connectivity index is 2.26. The van der Waals surface area contributed by atoms with Gasteiger partial charge >= 0.3 is 0 Å². The summed E-state index contributed by atoms with van der Waals surface area (Å²) in [6.07, 6.45) is 2.76. The standard InChI is InChI=1S/C14H16ClNO2/c1-2-3-6-10(9-15)16-13(17)11-7-4-5-8-12(11)14(16)18/h4-5,7-8,10H,2-3,6,9H2,1H3. The zero-order valence-corrected chi connectivity index (χ0v) is 11.1. The zero-order chi connectivity index (χ0) is 13.1. The molecule has 1 aliphatic heterocycles. The maximum absolute atomic E-state index is 12.2. The Kier molecular flexibility index (Phi) is 4.02. The molecule has 0 radical (unpaired) electrons. The van der Waals surface area contributed by atoms with Gasteiger partial charge in [-0.1, -0.05) is 31.9 Å². The monoisotopic (exact) mass is 265 g/mol. The normalized spacial score (nSPS) is 16.0. The highest BCUT2D eigenvalue weighted by molar-refractivity contribution is 6.23. The number of imide groups is 1. The Morgan fingerprint density at radius 3 is 2.17 bits per heavy atom. The molecule has 4 heteroatoms. The van der Waals surface area contributed by atoms with Crippen LogP contribution in [-0.2, 0) is 0 Å². The Morgan fingerprint density at radius 2 is 1.72 bits per heavy atom. The first-order valence-electron chi connectivity index (χ1n) is 6.23. The van der Waals surface area contributed by atoms with Gasteiger partial charge in [-0.2, -0.15) is 0 Å². The second kappa shape index (κ2) is 5.53. The molecular formula is C14H16ClNO2. The molecule has 0 spiro atoms. The van der Waals surface area contributed by atoms with Crippen molar-refractivity contribution in [3.8, 4) is 0 Å². The summed E-state index contributed by atoms with van der Waals surface area (Å²) in [5.41, 5.74) is 0.989. The summed E-state index contributed by atoms with van der Waals surface area (Å²) in [7, 11) is 0. The summed E-state index contributed by atoms with van der Waals surface area (Å²) >= 11 is 5.91. The van der Waals surface area contributed by atoms with Crippen LogP contribution in [0.2, 0.25) is 0 Å². The molecule has 0 aromatic heterocycles. The van der Waals surface area contributed by atoms with Gasteiger partial charge in [0.25, 0.3) is 11.8 Å². The van der Waals surface area contributed by atoms with E-state index in [1.807, 2.05) is 0 Å². The van der Waals surface area contributed by atoms with Crippen LogP contribution < -0.4 is 0 Å². The summed E-state index contributed by atoms with van der Waals surface area (Å²) in [6, 6.07) is 6.74. The van der Waals surface area contributed by atoms with Gasteiger partial charge in [-0.15, -0.1) is 11.6 Å². The van der Waals surface area contributed by atoms with Crippen molar-refractivity contribution in [2.75, 3.05) is 5.88 Å². The van der Waals surface area contributed by atoms with Crippen molar-refractivity contribution in [3.63, 3.8) is 0 Å². The predicted octanol–water partition coefficient (Wildman–Crippen LogP) is 3.08. The smallest absolute Gasteiger partial charge is 0.261 e. The Labute approximate surface area is 112 Å². The second-order valence-corrected chi connectivity index (χ2v) is 4.78. The van der Waals surface area contributed by atoms with Gasteiger partial charge in [0.05, 0.1) is 17.2 Å². The lowest BCUT2D eigenvalue weighted by molar-refractivity contribution is 0.0591. The first-order chi connectivity index (χ1) is 8.70. The van der Waals surface area contributed by atoms with Crippen molar-refractivity contribution >= 4 is 23.4 Å². The number of nitrogens with zero attached hydrogens (tertiary/aromatic N) is 1. The van der Waals surface area contributed by atoms with Crippen molar-refractivity contribution in [2.24, 2.45) is 0 Å². The molecule has 1 atom stereocenters. The minimum Gasteiger partial charge on any atom is -0.270 e. The number of hydrogen-bond donors (Lipinski definition) is 0. The molecule has 1 aromatic rings. The molecule has 1 aromatic carbocycles. The predicted molar refractivity (Wildman–Crippen MR) is 71.0 cm³/mol. The highest BCUT2D eigenvalue weighted by atomic mass is 35.5. The van der Waals surface area contributed by atoms with Gasteiger partial charge in [0.2, 0.25) is 0 Å². The van der Waals surface area contributed by atoms with Crippen LogP contribution in [0.25, 0.3) is 0 Å². The third kappa shape index (κ3) is 2.15. The molecule has 1 aliphatic rings. The Bertz CT molecular complexity index is 438. The maximum Gasteiger partial charge on any atom is 0.261 e. The van der Waals surface area contributed by atoms with Gasteiger partial charge in [0.1, 0.15) is 0 Å². The van der Waals surface area contributed by atoms with E-state index in [0.29, 0.717) is 17.0 Å². The molecule has 0 N–H and O–H groups in total. The van der Waals surface area contributed by atoms with Crippen LogP contribution in [0.1, 0.15) is 46.9 Å². The number of hydrogen-bond acceptors (Lipinski definition) is 2. The molecule has 2 rings (SSSR count). The van der Waals surface area contributed by atoms with Crippen molar-refractivity contribution in [1.29, 1.82) is 0 Å². The van der Waals surface area contributed by atoms with Crippen LogP contribution in [0.4, 0.5) is 0 Å². The van der Waals surface area contributed by atoms with E-state index in [0.717, 1.165) is 19.3 Å². The minimum absolute atomic E-state index is 0.195. The van der Waals surface area contributed by atoms with E-state index in [9.17, 15) is 9.59 Å². The summed E-state index contributed by atoms with van der Waals surface area (Å²) < 4.78 is 0. The highest BCUT2D eigenvalue weighted by Crippen LogP contribution is 2.26. The number of carbonyl (C=O) groups excluding carboxylic acids is 2. The maximum atomic E-state index is 12.2. The fourth-order valence-electron chi connectivity index (χ4n) is 2.25. The molecule has 96 valence electrons. The third-order valence-corrected chi connectivity index (χ3v) is 3.62. The van der Waals surface area contributed by atoms with Crippen molar-refractivity contribution in [2.45, 2.75) is 32.2 Å². The van der Waals surface area contributed by atoms with Gasteiger partial charge in [0, 0.05) is 5.88 Å². The fourth-order valence-corrected chi connectivity index (χ4v) is 2.55. The van der Waals surface area contributed by atoms with Gasteiger partial charge in [-0.25, -0.2) is 0 Å². The second-order valence-electron chi connectivity index (χ2n) is 4.48. The molecule has 0 aliphatic carbocycles. The van der Waals surface area contributed by atoms with Crippen LogP contribution in [0.3, 0.4) is 0 Å². The van der Waals surface area contributed by atoms with E-state index in [-0.39, 0.29) is 17.9 Å². The van der Waals surface area contributed by atoms with Crippen LogP contribution in [-0.4, -0.2) is 28.6 Å². The largest absolute Gasteiger partial charge is 0.270 e. The molecule has 0 saturated heterocycles. The number of amides is 2.